The van der Waals surface area contributed by atoms with Crippen LogP contribution in [-0.4, -0.2) is 44.9 Å². The van der Waals surface area contributed by atoms with Crippen LogP contribution in [0.25, 0.3) is 0 Å². The van der Waals surface area contributed by atoms with E-state index in [0.717, 1.165) is 16.9 Å². The van der Waals surface area contributed by atoms with E-state index >= 15 is 0 Å². The summed E-state index contributed by atoms with van der Waals surface area (Å²) in [5.74, 6) is 0.718. The van der Waals surface area contributed by atoms with Crippen LogP contribution in [0.5, 0.6) is 5.75 Å². The molecule has 0 unspecified atom stereocenters. The zero-order chi connectivity index (χ0) is 22.4. The first-order valence-electron chi connectivity index (χ1n) is 10.9. The summed E-state index contributed by atoms with van der Waals surface area (Å²) < 4.78 is 33.2. The van der Waals surface area contributed by atoms with Crippen molar-refractivity contribution >= 4 is 15.9 Å². The first kappa shape index (κ1) is 23.3. The molecule has 1 saturated heterocycles. The van der Waals surface area contributed by atoms with Gasteiger partial charge >= 0.3 is 0 Å². The van der Waals surface area contributed by atoms with Gasteiger partial charge in [-0.05, 0) is 49.4 Å². The van der Waals surface area contributed by atoms with Crippen molar-refractivity contribution in [1.29, 1.82) is 0 Å². The lowest BCUT2D eigenvalue weighted by molar-refractivity contribution is -0.126. The average molecular weight is 445 g/mol. The van der Waals surface area contributed by atoms with E-state index in [9.17, 15) is 13.2 Å². The number of amides is 1. The number of carbonyl (C=O) groups excluding carboxylic acids is 1. The summed E-state index contributed by atoms with van der Waals surface area (Å²) in [6.45, 7) is 7.55. The summed E-state index contributed by atoms with van der Waals surface area (Å²) in [6.07, 6.45) is 1.35. The first-order valence-corrected chi connectivity index (χ1v) is 12.3. The number of aryl methyl sites for hydroxylation is 1. The van der Waals surface area contributed by atoms with Crippen molar-refractivity contribution in [3.8, 4) is 5.75 Å². The summed E-state index contributed by atoms with van der Waals surface area (Å²) in [5.41, 5.74) is 2.14. The standard InChI is InChI=1S/C24H32N2O4S/c1-18(2)22-8-4-5-9-23(22)30-16-14-25-24(27)20-7-6-15-26(17-20)31(28,29)21-12-10-19(3)11-13-21/h4-5,8-13,18,20H,6-7,14-17H2,1-3H3,(H,25,27)/t20-/m1/s1. The molecule has 1 fully saturated rings. The molecule has 0 spiro atoms. The molecule has 7 heteroatoms. The van der Waals surface area contributed by atoms with E-state index in [4.69, 9.17) is 4.74 Å². The smallest absolute Gasteiger partial charge is 0.243 e. The van der Waals surface area contributed by atoms with Gasteiger partial charge in [-0.1, -0.05) is 49.7 Å². The molecule has 0 saturated carbocycles. The van der Waals surface area contributed by atoms with Crippen LogP contribution in [0.3, 0.4) is 0 Å². The molecule has 168 valence electrons. The van der Waals surface area contributed by atoms with Crippen molar-refractivity contribution in [2.24, 2.45) is 5.92 Å². The molecule has 1 aliphatic rings. The molecule has 1 amide bonds. The quantitative estimate of drug-likeness (QED) is 0.630. The zero-order valence-electron chi connectivity index (χ0n) is 18.5. The Morgan fingerprint density at radius 3 is 2.58 bits per heavy atom. The molecule has 2 aromatic carbocycles. The van der Waals surface area contributed by atoms with Gasteiger partial charge in [0.05, 0.1) is 17.4 Å². The second-order valence-electron chi connectivity index (χ2n) is 8.35. The highest BCUT2D eigenvalue weighted by Crippen LogP contribution is 2.26. The Balaban J connectivity index is 1.52. The van der Waals surface area contributed by atoms with Crippen LogP contribution in [0.1, 0.15) is 43.7 Å². The number of hydrogen-bond acceptors (Lipinski definition) is 4. The summed E-state index contributed by atoms with van der Waals surface area (Å²) in [5, 5.41) is 2.91. The lowest BCUT2D eigenvalue weighted by atomic mass is 9.99. The Morgan fingerprint density at radius 1 is 1.16 bits per heavy atom. The van der Waals surface area contributed by atoms with E-state index in [-0.39, 0.29) is 23.3 Å². The number of sulfonamides is 1. The number of piperidine rings is 1. The van der Waals surface area contributed by atoms with Gasteiger partial charge in [-0.2, -0.15) is 4.31 Å². The van der Waals surface area contributed by atoms with E-state index in [1.54, 1.807) is 24.3 Å². The third kappa shape index (κ3) is 5.86. The number of benzene rings is 2. The van der Waals surface area contributed by atoms with Gasteiger partial charge in [0.25, 0.3) is 0 Å². The first-order chi connectivity index (χ1) is 14.8. The third-order valence-corrected chi connectivity index (χ3v) is 7.49. The van der Waals surface area contributed by atoms with Crippen LogP contribution in [0.4, 0.5) is 0 Å². The Kier molecular flexibility index (Phi) is 7.73. The van der Waals surface area contributed by atoms with Crippen molar-refractivity contribution in [1.82, 2.24) is 9.62 Å². The fourth-order valence-corrected chi connectivity index (χ4v) is 5.33. The predicted octanol–water partition coefficient (Wildman–Crippen LogP) is 3.71. The molecule has 3 rings (SSSR count). The Labute approximate surface area is 185 Å². The van der Waals surface area contributed by atoms with Gasteiger partial charge in [0.15, 0.2) is 0 Å². The highest BCUT2D eigenvalue weighted by molar-refractivity contribution is 7.89. The maximum absolute atomic E-state index is 12.9. The lowest BCUT2D eigenvalue weighted by Gasteiger charge is -2.31. The number of para-hydroxylation sites is 1. The largest absolute Gasteiger partial charge is 0.491 e. The highest BCUT2D eigenvalue weighted by atomic mass is 32.2. The number of ether oxygens (including phenoxy) is 1. The van der Waals surface area contributed by atoms with E-state index in [1.165, 1.54) is 4.31 Å². The van der Waals surface area contributed by atoms with Gasteiger partial charge in [-0.3, -0.25) is 4.79 Å². The summed E-state index contributed by atoms with van der Waals surface area (Å²) in [7, 11) is -3.59. The fraction of sp³-hybridized carbons (Fsp3) is 0.458. The second kappa shape index (κ2) is 10.3. The highest BCUT2D eigenvalue weighted by Gasteiger charge is 2.33. The second-order valence-corrected chi connectivity index (χ2v) is 10.3. The Hall–Kier alpha value is -2.38. The molecule has 31 heavy (non-hydrogen) atoms. The van der Waals surface area contributed by atoms with E-state index < -0.39 is 10.0 Å². The maximum Gasteiger partial charge on any atom is 0.243 e. The number of carbonyl (C=O) groups is 1. The Bertz CT molecular complexity index is 987. The van der Waals surface area contributed by atoms with Gasteiger partial charge < -0.3 is 10.1 Å². The van der Waals surface area contributed by atoms with E-state index in [1.807, 2.05) is 31.2 Å². The van der Waals surface area contributed by atoms with Crippen LogP contribution >= 0.6 is 0 Å². The van der Waals surface area contributed by atoms with Crippen molar-refractivity contribution in [3.05, 3.63) is 59.7 Å². The zero-order valence-corrected chi connectivity index (χ0v) is 19.3. The molecule has 1 atom stereocenters. The molecular formula is C24H32N2O4S. The minimum atomic E-state index is -3.59. The normalized spacial score (nSPS) is 17.5. The van der Waals surface area contributed by atoms with Crippen molar-refractivity contribution < 1.29 is 17.9 Å². The molecule has 1 N–H and O–H groups in total. The third-order valence-electron chi connectivity index (χ3n) is 5.61. The Morgan fingerprint density at radius 2 is 1.87 bits per heavy atom. The van der Waals surface area contributed by atoms with Gasteiger partial charge in [-0.25, -0.2) is 8.42 Å². The van der Waals surface area contributed by atoms with Gasteiger partial charge in [0.1, 0.15) is 12.4 Å². The summed E-state index contributed by atoms with van der Waals surface area (Å²) in [4.78, 5) is 12.9. The minimum absolute atomic E-state index is 0.121. The molecule has 1 aliphatic heterocycles. The predicted molar refractivity (Wildman–Crippen MR) is 122 cm³/mol. The summed E-state index contributed by atoms with van der Waals surface area (Å²) in [6, 6.07) is 14.7. The summed E-state index contributed by atoms with van der Waals surface area (Å²) >= 11 is 0. The molecule has 2 aromatic rings. The number of nitrogens with zero attached hydrogens (tertiary/aromatic N) is 1. The van der Waals surface area contributed by atoms with Crippen LogP contribution in [0.2, 0.25) is 0 Å². The molecule has 0 aliphatic carbocycles. The molecule has 1 heterocycles. The topological polar surface area (TPSA) is 75.7 Å². The van der Waals surface area contributed by atoms with Gasteiger partial charge in [0.2, 0.25) is 15.9 Å². The van der Waals surface area contributed by atoms with E-state index in [2.05, 4.69) is 19.2 Å². The van der Waals surface area contributed by atoms with Crippen LogP contribution in [0.15, 0.2) is 53.4 Å². The maximum atomic E-state index is 12.9. The number of hydrogen-bond donors (Lipinski definition) is 1. The van der Waals surface area contributed by atoms with Crippen molar-refractivity contribution in [2.45, 2.75) is 44.4 Å². The SMILES string of the molecule is Cc1ccc(S(=O)(=O)N2CCC[C@@H](C(=O)NCCOc3ccccc3C(C)C)C2)cc1. The van der Waals surface area contributed by atoms with Crippen LogP contribution in [-0.2, 0) is 14.8 Å². The van der Waals surface area contributed by atoms with E-state index in [0.29, 0.717) is 38.5 Å². The minimum Gasteiger partial charge on any atom is -0.491 e. The number of nitrogens with one attached hydrogen (secondary N) is 1. The van der Waals surface area contributed by atoms with Crippen LogP contribution < -0.4 is 10.1 Å². The fourth-order valence-electron chi connectivity index (χ4n) is 3.80. The molecule has 0 radical (unpaired) electrons. The average Bonchev–Trinajstić information content (AvgIpc) is 2.77. The number of rotatable bonds is 8. The van der Waals surface area contributed by atoms with Crippen molar-refractivity contribution in [2.75, 3.05) is 26.2 Å². The molecule has 0 bridgehead atoms. The van der Waals surface area contributed by atoms with Gasteiger partial charge in [-0.15, -0.1) is 0 Å². The van der Waals surface area contributed by atoms with Crippen molar-refractivity contribution in [3.63, 3.8) is 0 Å². The van der Waals surface area contributed by atoms with Crippen LogP contribution in [0, 0.1) is 12.8 Å². The molecule has 0 aromatic heterocycles. The molecule has 6 nitrogen and oxygen atoms in total. The lowest BCUT2D eigenvalue weighted by Crippen LogP contribution is -2.46. The van der Waals surface area contributed by atoms with Gasteiger partial charge in [0, 0.05) is 13.1 Å². The monoisotopic (exact) mass is 444 g/mol. The molecular weight excluding hydrogens is 412 g/mol.